The summed E-state index contributed by atoms with van der Waals surface area (Å²) in [6.45, 7) is 2.67. The molecule has 6 heteroatoms. The fourth-order valence-electron chi connectivity index (χ4n) is 4.25. The molecule has 3 aromatic rings. The number of rotatable bonds is 6. The number of nitrogens with one attached hydrogen (secondary N) is 2. The Hall–Kier alpha value is -3.51. The van der Waals surface area contributed by atoms with E-state index in [4.69, 9.17) is 5.73 Å². The average Bonchev–Trinajstić information content (AvgIpc) is 2.76. The van der Waals surface area contributed by atoms with Crippen LogP contribution in [0.25, 0.3) is 0 Å². The summed E-state index contributed by atoms with van der Waals surface area (Å²) in [5, 5.41) is 25.9. The highest BCUT2D eigenvalue weighted by Crippen LogP contribution is 2.31. The van der Waals surface area contributed by atoms with Crippen LogP contribution in [0.3, 0.4) is 0 Å². The number of aryl methyl sites for hydroxylation is 1. The summed E-state index contributed by atoms with van der Waals surface area (Å²) in [5.74, 6) is 0.274. The normalized spacial score (nSPS) is 16.0. The van der Waals surface area contributed by atoms with Crippen LogP contribution in [0.1, 0.15) is 40.3 Å². The number of benzene rings is 3. The van der Waals surface area contributed by atoms with Crippen LogP contribution in [0.2, 0.25) is 0 Å². The first-order valence-corrected chi connectivity index (χ1v) is 10.9. The van der Waals surface area contributed by atoms with E-state index in [0.29, 0.717) is 12.8 Å². The molecule has 1 heterocycles. The molecule has 0 bridgehead atoms. The minimum absolute atomic E-state index is 0.116. The molecule has 166 valence electrons. The van der Waals surface area contributed by atoms with Gasteiger partial charge in [-0.1, -0.05) is 30.3 Å². The van der Waals surface area contributed by atoms with Gasteiger partial charge < -0.3 is 26.6 Å². The summed E-state index contributed by atoms with van der Waals surface area (Å²) in [6, 6.07) is 17.8. The van der Waals surface area contributed by atoms with Crippen LogP contribution >= 0.6 is 0 Å². The summed E-state index contributed by atoms with van der Waals surface area (Å²) in [6.07, 6.45) is 1.88. The van der Waals surface area contributed by atoms with Gasteiger partial charge in [-0.25, -0.2) is 0 Å². The molecule has 1 amide bonds. The molecule has 32 heavy (non-hydrogen) atoms. The molecule has 6 N–H and O–H groups in total. The Bertz CT molecular complexity index is 1130. The number of fused-ring (bicyclic) bond motifs is 1. The van der Waals surface area contributed by atoms with E-state index < -0.39 is 6.04 Å². The van der Waals surface area contributed by atoms with Crippen LogP contribution in [-0.4, -0.2) is 28.7 Å². The number of hydrogen-bond donors (Lipinski definition) is 5. The van der Waals surface area contributed by atoms with Crippen molar-refractivity contribution >= 4 is 11.6 Å². The Labute approximate surface area is 188 Å². The maximum atomic E-state index is 12.9. The zero-order valence-electron chi connectivity index (χ0n) is 18.1. The van der Waals surface area contributed by atoms with Gasteiger partial charge >= 0.3 is 0 Å². The van der Waals surface area contributed by atoms with Crippen molar-refractivity contribution in [1.82, 2.24) is 5.32 Å². The van der Waals surface area contributed by atoms with E-state index in [2.05, 4.69) is 22.8 Å². The van der Waals surface area contributed by atoms with Crippen molar-refractivity contribution in [2.75, 3.05) is 11.9 Å². The highest BCUT2D eigenvalue weighted by atomic mass is 16.3. The molecule has 0 radical (unpaired) electrons. The van der Waals surface area contributed by atoms with Crippen LogP contribution in [-0.2, 0) is 17.6 Å². The predicted molar refractivity (Wildman–Crippen MR) is 126 cm³/mol. The van der Waals surface area contributed by atoms with Crippen LogP contribution in [0.15, 0.2) is 60.7 Å². The average molecular weight is 432 g/mol. The van der Waals surface area contributed by atoms with Crippen LogP contribution in [0, 0.1) is 6.92 Å². The number of aromatic hydroxyl groups is 2. The van der Waals surface area contributed by atoms with Gasteiger partial charge in [-0.3, -0.25) is 4.79 Å². The fourth-order valence-corrected chi connectivity index (χ4v) is 4.25. The van der Waals surface area contributed by atoms with Gasteiger partial charge in [-0.2, -0.15) is 0 Å². The van der Waals surface area contributed by atoms with Crippen molar-refractivity contribution in [1.29, 1.82) is 0 Å². The lowest BCUT2D eigenvalue weighted by atomic mass is 9.93. The summed E-state index contributed by atoms with van der Waals surface area (Å²) in [4.78, 5) is 12.9. The number of hydrogen-bond acceptors (Lipinski definition) is 5. The van der Waals surface area contributed by atoms with Gasteiger partial charge in [-0.15, -0.1) is 0 Å². The largest absolute Gasteiger partial charge is 0.508 e. The highest BCUT2D eigenvalue weighted by molar-refractivity contribution is 5.82. The molecule has 0 aromatic heterocycles. The van der Waals surface area contributed by atoms with Crippen molar-refractivity contribution in [3.05, 3.63) is 88.5 Å². The van der Waals surface area contributed by atoms with Gasteiger partial charge in [0.25, 0.3) is 0 Å². The molecule has 0 saturated carbocycles. The molecule has 0 fully saturated rings. The van der Waals surface area contributed by atoms with E-state index in [-0.39, 0.29) is 23.4 Å². The Morgan fingerprint density at radius 3 is 2.66 bits per heavy atom. The van der Waals surface area contributed by atoms with E-state index in [1.807, 2.05) is 31.2 Å². The summed E-state index contributed by atoms with van der Waals surface area (Å²) in [5.41, 5.74) is 12.3. The lowest BCUT2D eigenvalue weighted by Crippen LogP contribution is -2.44. The molecule has 3 aromatic carbocycles. The molecule has 1 aliphatic rings. The lowest BCUT2D eigenvalue weighted by molar-refractivity contribution is -0.123. The monoisotopic (exact) mass is 431 g/mol. The van der Waals surface area contributed by atoms with Crippen molar-refractivity contribution in [3.63, 3.8) is 0 Å². The molecule has 4 rings (SSSR count). The van der Waals surface area contributed by atoms with E-state index in [0.717, 1.165) is 46.5 Å². The van der Waals surface area contributed by atoms with Crippen LogP contribution < -0.4 is 16.4 Å². The van der Waals surface area contributed by atoms with E-state index in [1.165, 1.54) is 0 Å². The third kappa shape index (κ3) is 5.03. The first-order valence-electron chi connectivity index (χ1n) is 10.9. The van der Waals surface area contributed by atoms with E-state index in [9.17, 15) is 15.0 Å². The lowest BCUT2D eigenvalue weighted by Gasteiger charge is -2.29. The molecular formula is C26H29N3O3. The topological polar surface area (TPSA) is 108 Å². The number of anilines is 1. The van der Waals surface area contributed by atoms with Crippen molar-refractivity contribution in [2.24, 2.45) is 5.73 Å². The summed E-state index contributed by atoms with van der Waals surface area (Å²) in [7, 11) is 0. The molecule has 0 spiro atoms. The van der Waals surface area contributed by atoms with E-state index >= 15 is 0 Å². The summed E-state index contributed by atoms with van der Waals surface area (Å²) >= 11 is 0. The van der Waals surface area contributed by atoms with E-state index in [1.54, 1.807) is 24.3 Å². The molecule has 0 saturated heterocycles. The van der Waals surface area contributed by atoms with Crippen LogP contribution in [0.4, 0.5) is 5.69 Å². The molecule has 6 nitrogen and oxygen atoms in total. The number of phenolic OH excluding ortho intramolecular Hbond substituents is 2. The Balaban J connectivity index is 1.47. The third-order valence-electron chi connectivity index (χ3n) is 5.98. The van der Waals surface area contributed by atoms with Gasteiger partial charge in [-0.05, 0) is 84.3 Å². The van der Waals surface area contributed by atoms with Gasteiger partial charge in [0.05, 0.1) is 12.1 Å². The molecular weight excluding hydrogens is 402 g/mol. The third-order valence-corrected chi connectivity index (χ3v) is 5.98. The SMILES string of the molecule is Cc1cc(O)ccc1C[C@H](N)C(=O)N[C@@H]1CCNc2ccc(Cc3cccc(O)c3)cc21. The minimum atomic E-state index is -0.674. The maximum absolute atomic E-state index is 12.9. The second-order valence-electron chi connectivity index (χ2n) is 8.47. The molecule has 0 aliphatic carbocycles. The van der Waals surface area contributed by atoms with Crippen molar-refractivity contribution in [2.45, 2.75) is 38.3 Å². The van der Waals surface area contributed by atoms with Crippen molar-refractivity contribution < 1.29 is 15.0 Å². The van der Waals surface area contributed by atoms with Gasteiger partial charge in [0.1, 0.15) is 11.5 Å². The number of phenols is 2. The standard InChI is InChI=1S/C26H29N3O3/c1-16-11-21(31)7-6-19(16)15-23(27)26(32)29-25-9-10-28-24-8-5-18(14-22(24)25)12-17-3-2-4-20(30)13-17/h2-8,11,13-14,23,25,28,30-31H,9-10,12,15,27H2,1H3,(H,29,32)/t23-,25+/m0/s1. The minimum Gasteiger partial charge on any atom is -0.508 e. The second-order valence-corrected chi connectivity index (χ2v) is 8.47. The fraction of sp³-hybridized carbons (Fsp3) is 0.269. The molecule has 2 atom stereocenters. The Kier molecular flexibility index (Phi) is 6.32. The molecule has 0 unspecified atom stereocenters. The Morgan fingerprint density at radius 1 is 1.09 bits per heavy atom. The number of amides is 1. The summed E-state index contributed by atoms with van der Waals surface area (Å²) < 4.78 is 0. The van der Waals surface area contributed by atoms with Crippen LogP contribution in [0.5, 0.6) is 11.5 Å². The number of carbonyl (C=O) groups excluding carboxylic acids is 1. The predicted octanol–water partition coefficient (Wildman–Crippen LogP) is 3.54. The maximum Gasteiger partial charge on any atom is 0.237 e. The first-order chi connectivity index (χ1) is 15.4. The Morgan fingerprint density at radius 2 is 1.88 bits per heavy atom. The van der Waals surface area contributed by atoms with Gasteiger partial charge in [0, 0.05) is 12.2 Å². The van der Waals surface area contributed by atoms with Gasteiger partial charge in [0.2, 0.25) is 5.91 Å². The zero-order chi connectivity index (χ0) is 22.7. The number of nitrogens with two attached hydrogens (primary N) is 1. The van der Waals surface area contributed by atoms with Crippen molar-refractivity contribution in [3.8, 4) is 11.5 Å². The first kappa shape index (κ1) is 21.7. The molecule has 1 aliphatic heterocycles. The zero-order valence-corrected chi connectivity index (χ0v) is 18.1. The smallest absolute Gasteiger partial charge is 0.237 e. The second kappa shape index (κ2) is 9.32. The quantitative estimate of drug-likeness (QED) is 0.410. The van der Waals surface area contributed by atoms with Gasteiger partial charge in [0.15, 0.2) is 0 Å². The number of carbonyl (C=O) groups is 1. The highest BCUT2D eigenvalue weighted by Gasteiger charge is 2.25.